The number of aryl methyl sites for hydroxylation is 1. The molecule has 9 heteroatoms. The fraction of sp³-hybridized carbons (Fsp3) is 0.152. The first-order valence-electron chi connectivity index (χ1n) is 13.7. The molecule has 0 bridgehead atoms. The van der Waals surface area contributed by atoms with Gasteiger partial charge in [-0.25, -0.2) is 9.97 Å². The third-order valence-electron chi connectivity index (χ3n) is 7.61. The lowest BCUT2D eigenvalue weighted by atomic mass is 10.1. The number of aromatic nitrogens is 4. The molecule has 3 aromatic carbocycles. The van der Waals surface area contributed by atoms with Crippen LogP contribution in [-0.2, 0) is 0 Å². The molecule has 1 aliphatic heterocycles. The minimum absolute atomic E-state index is 0.254. The van der Waals surface area contributed by atoms with E-state index >= 15 is 0 Å². The first-order valence-corrected chi connectivity index (χ1v) is 14.1. The van der Waals surface area contributed by atoms with Gasteiger partial charge in [0.2, 0.25) is 17.5 Å². The Morgan fingerprint density at radius 1 is 0.857 bits per heavy atom. The molecule has 0 N–H and O–H groups in total. The molecule has 1 saturated heterocycles. The van der Waals surface area contributed by atoms with Crippen molar-refractivity contribution in [1.82, 2.24) is 19.5 Å². The Morgan fingerprint density at radius 3 is 2.38 bits per heavy atom. The summed E-state index contributed by atoms with van der Waals surface area (Å²) in [7, 11) is 0. The van der Waals surface area contributed by atoms with Crippen LogP contribution in [0.15, 0.2) is 95.8 Å². The molecular weight excluding hydrogens is 546 g/mol. The lowest BCUT2D eigenvalue weighted by Crippen LogP contribution is -2.47. The van der Waals surface area contributed by atoms with Gasteiger partial charge in [-0.05, 0) is 42.3 Å². The Morgan fingerprint density at radius 2 is 1.62 bits per heavy atom. The second-order valence-electron chi connectivity index (χ2n) is 10.3. The van der Waals surface area contributed by atoms with Gasteiger partial charge in [-0.2, -0.15) is 10.2 Å². The van der Waals surface area contributed by atoms with Crippen LogP contribution >= 0.6 is 11.6 Å². The number of rotatable bonds is 5. The standard InChI is InChI=1S/C33H26ClN7O/c1-22-8-7-11-24(18-22)41-20-26(23-9-3-2-4-10-23)29-30(36-21-37-31(29)41)39-14-16-40(17-15-39)33-28(19-35)38-32(42-33)25-12-5-6-13-27(25)34/h2-13,18,20-21H,14-17H2,1H3. The summed E-state index contributed by atoms with van der Waals surface area (Å²) in [6, 6.07) is 28.3. The highest BCUT2D eigenvalue weighted by atomic mass is 35.5. The molecule has 1 aliphatic rings. The molecule has 0 amide bonds. The van der Waals surface area contributed by atoms with Gasteiger partial charge in [-0.1, -0.05) is 66.2 Å². The molecule has 0 spiro atoms. The van der Waals surface area contributed by atoms with Crippen molar-refractivity contribution in [2.24, 2.45) is 0 Å². The maximum Gasteiger partial charge on any atom is 0.235 e. The average molecular weight is 572 g/mol. The number of nitrogens with zero attached hydrogens (tertiary/aromatic N) is 7. The normalized spacial score (nSPS) is 13.5. The Bertz CT molecular complexity index is 1950. The van der Waals surface area contributed by atoms with Gasteiger partial charge in [0.15, 0.2) is 5.65 Å². The van der Waals surface area contributed by atoms with Crippen molar-refractivity contribution >= 4 is 34.3 Å². The van der Waals surface area contributed by atoms with E-state index in [4.69, 9.17) is 26.0 Å². The Balaban J connectivity index is 1.24. The van der Waals surface area contributed by atoms with Crippen LogP contribution in [0.3, 0.4) is 0 Å². The van der Waals surface area contributed by atoms with E-state index in [1.807, 2.05) is 24.3 Å². The summed E-state index contributed by atoms with van der Waals surface area (Å²) in [6.45, 7) is 4.73. The molecular formula is C33H26ClN7O. The molecule has 3 aromatic heterocycles. The third kappa shape index (κ3) is 4.54. The molecule has 0 saturated carbocycles. The first kappa shape index (κ1) is 25.8. The zero-order chi connectivity index (χ0) is 28.6. The quantitative estimate of drug-likeness (QED) is 0.222. The van der Waals surface area contributed by atoms with Gasteiger partial charge >= 0.3 is 0 Å². The topological polar surface area (TPSA) is 87.0 Å². The Kier molecular flexibility index (Phi) is 6.57. The van der Waals surface area contributed by atoms with Crippen LogP contribution < -0.4 is 9.80 Å². The molecule has 0 atom stereocenters. The van der Waals surface area contributed by atoms with Crippen molar-refractivity contribution in [2.75, 3.05) is 36.0 Å². The molecule has 1 fully saturated rings. The van der Waals surface area contributed by atoms with Crippen molar-refractivity contribution in [2.45, 2.75) is 6.92 Å². The SMILES string of the molecule is Cc1cccc(-n2cc(-c3ccccc3)c3c(N4CCN(c5oc(-c6ccccc6Cl)nc5C#N)CC4)ncnc32)c1. The number of oxazole rings is 1. The van der Waals surface area contributed by atoms with Crippen molar-refractivity contribution in [3.05, 3.63) is 108 Å². The smallest absolute Gasteiger partial charge is 0.235 e. The van der Waals surface area contributed by atoms with Crippen LogP contribution in [0.5, 0.6) is 0 Å². The predicted molar refractivity (Wildman–Crippen MR) is 165 cm³/mol. The lowest BCUT2D eigenvalue weighted by Gasteiger charge is -2.35. The lowest BCUT2D eigenvalue weighted by molar-refractivity contribution is 0.530. The van der Waals surface area contributed by atoms with Gasteiger partial charge in [0, 0.05) is 43.6 Å². The summed E-state index contributed by atoms with van der Waals surface area (Å²) in [5.41, 5.74) is 6.20. The number of nitriles is 1. The average Bonchev–Trinajstić information content (AvgIpc) is 3.64. The van der Waals surface area contributed by atoms with Crippen LogP contribution in [-0.4, -0.2) is 45.7 Å². The number of piperazine rings is 1. The number of benzene rings is 3. The van der Waals surface area contributed by atoms with Crippen molar-refractivity contribution in [1.29, 1.82) is 5.26 Å². The second kappa shape index (κ2) is 10.7. The first-order chi connectivity index (χ1) is 20.6. The van der Waals surface area contributed by atoms with Crippen LogP contribution in [0.25, 0.3) is 39.3 Å². The highest BCUT2D eigenvalue weighted by Gasteiger charge is 2.28. The predicted octanol–water partition coefficient (Wildman–Crippen LogP) is 6.90. The second-order valence-corrected chi connectivity index (χ2v) is 10.7. The van der Waals surface area contributed by atoms with E-state index in [1.165, 1.54) is 5.56 Å². The number of hydrogen-bond donors (Lipinski definition) is 0. The van der Waals surface area contributed by atoms with Crippen LogP contribution in [0.2, 0.25) is 5.02 Å². The third-order valence-corrected chi connectivity index (χ3v) is 7.94. The minimum atomic E-state index is 0.254. The van der Waals surface area contributed by atoms with Crippen LogP contribution in [0.4, 0.5) is 11.7 Å². The van der Waals surface area contributed by atoms with Crippen molar-refractivity contribution in [3.8, 4) is 34.3 Å². The van der Waals surface area contributed by atoms with Gasteiger partial charge < -0.3 is 18.8 Å². The van der Waals surface area contributed by atoms with E-state index < -0.39 is 0 Å². The highest BCUT2D eigenvalue weighted by Crippen LogP contribution is 2.38. The number of anilines is 2. The van der Waals surface area contributed by atoms with Gasteiger partial charge in [0.1, 0.15) is 18.2 Å². The zero-order valence-corrected chi connectivity index (χ0v) is 23.7. The van der Waals surface area contributed by atoms with Crippen molar-refractivity contribution < 1.29 is 4.42 Å². The van der Waals surface area contributed by atoms with Crippen LogP contribution in [0.1, 0.15) is 11.3 Å². The number of hydrogen-bond acceptors (Lipinski definition) is 7. The van der Waals surface area contributed by atoms with Gasteiger partial charge in [0.25, 0.3) is 0 Å². The number of fused-ring (bicyclic) bond motifs is 1. The van der Waals surface area contributed by atoms with E-state index in [9.17, 15) is 5.26 Å². The maximum atomic E-state index is 9.82. The molecule has 0 unspecified atom stereocenters. The molecule has 4 heterocycles. The summed E-state index contributed by atoms with van der Waals surface area (Å²) < 4.78 is 8.27. The molecule has 0 aliphatic carbocycles. The molecule has 8 nitrogen and oxygen atoms in total. The largest absolute Gasteiger partial charge is 0.419 e. The maximum absolute atomic E-state index is 9.82. The summed E-state index contributed by atoms with van der Waals surface area (Å²) in [6.07, 6.45) is 3.80. The number of halogens is 1. The van der Waals surface area contributed by atoms with Crippen LogP contribution in [0, 0.1) is 18.3 Å². The molecule has 7 rings (SSSR count). The molecule has 6 aromatic rings. The fourth-order valence-corrected chi connectivity index (χ4v) is 5.78. The molecule has 0 radical (unpaired) electrons. The van der Waals surface area contributed by atoms with E-state index in [0.717, 1.165) is 33.7 Å². The Hall–Kier alpha value is -5.13. The van der Waals surface area contributed by atoms with E-state index in [2.05, 4.69) is 87.1 Å². The van der Waals surface area contributed by atoms with E-state index in [1.54, 1.807) is 12.4 Å². The Labute approximate surface area is 248 Å². The monoisotopic (exact) mass is 571 g/mol. The van der Waals surface area contributed by atoms with Gasteiger partial charge in [0.05, 0.1) is 16.0 Å². The fourth-order valence-electron chi connectivity index (χ4n) is 5.57. The summed E-state index contributed by atoms with van der Waals surface area (Å²) in [4.78, 5) is 18.4. The van der Waals surface area contributed by atoms with Gasteiger partial charge in [-0.3, -0.25) is 0 Å². The van der Waals surface area contributed by atoms with E-state index in [-0.39, 0.29) is 5.69 Å². The van der Waals surface area contributed by atoms with Crippen molar-refractivity contribution in [3.63, 3.8) is 0 Å². The summed E-state index contributed by atoms with van der Waals surface area (Å²) in [5, 5.41) is 11.4. The van der Waals surface area contributed by atoms with Gasteiger partial charge in [-0.15, -0.1) is 0 Å². The highest BCUT2D eigenvalue weighted by molar-refractivity contribution is 6.33. The summed E-state index contributed by atoms with van der Waals surface area (Å²) in [5.74, 6) is 1.70. The minimum Gasteiger partial charge on any atom is -0.419 e. The molecule has 42 heavy (non-hydrogen) atoms. The molecule has 206 valence electrons. The van der Waals surface area contributed by atoms with E-state index in [0.29, 0.717) is 48.5 Å². The zero-order valence-electron chi connectivity index (χ0n) is 22.9. The summed E-state index contributed by atoms with van der Waals surface area (Å²) >= 11 is 6.37.